The van der Waals surface area contributed by atoms with E-state index < -0.39 is 28.0 Å². The van der Waals surface area contributed by atoms with Crippen molar-refractivity contribution in [2.24, 2.45) is 0 Å². The fourth-order valence-electron chi connectivity index (χ4n) is 2.46. The van der Waals surface area contributed by atoms with Gasteiger partial charge in [-0.3, -0.25) is 4.79 Å². The summed E-state index contributed by atoms with van der Waals surface area (Å²) in [5.74, 6) is -1.16. The molecule has 27 heavy (non-hydrogen) atoms. The smallest absolute Gasteiger partial charge is 0.338 e. The minimum atomic E-state index is -3.69. The van der Waals surface area contributed by atoms with E-state index in [1.807, 2.05) is 0 Å². The SMILES string of the molecule is C=CCNC(=O)[C@@H](C)OC(=O)c1ccc(S(=O)(=O)NC[C@@H]2CCCO2)cc1. The van der Waals surface area contributed by atoms with Crippen molar-refractivity contribution in [3.05, 3.63) is 42.5 Å². The van der Waals surface area contributed by atoms with Gasteiger partial charge in [0, 0.05) is 19.7 Å². The van der Waals surface area contributed by atoms with Crippen LogP contribution < -0.4 is 10.0 Å². The first-order valence-corrected chi connectivity index (χ1v) is 10.1. The zero-order valence-corrected chi connectivity index (χ0v) is 16.0. The van der Waals surface area contributed by atoms with Crippen LogP contribution in [0.5, 0.6) is 0 Å². The molecule has 0 unspecified atom stereocenters. The Balaban J connectivity index is 1.93. The van der Waals surface area contributed by atoms with Gasteiger partial charge < -0.3 is 14.8 Å². The maximum atomic E-state index is 12.3. The first-order valence-electron chi connectivity index (χ1n) is 8.64. The molecule has 1 aliphatic heterocycles. The number of esters is 1. The normalized spacial score (nSPS) is 17.9. The first kappa shape index (κ1) is 21.1. The highest BCUT2D eigenvalue weighted by molar-refractivity contribution is 7.89. The topological polar surface area (TPSA) is 111 Å². The lowest BCUT2D eigenvalue weighted by atomic mass is 10.2. The Labute approximate surface area is 159 Å². The summed E-state index contributed by atoms with van der Waals surface area (Å²) < 4.78 is 37.5. The molecular weight excluding hydrogens is 372 g/mol. The van der Waals surface area contributed by atoms with Gasteiger partial charge in [0.1, 0.15) is 0 Å². The van der Waals surface area contributed by atoms with Gasteiger partial charge in [-0.1, -0.05) is 6.08 Å². The highest BCUT2D eigenvalue weighted by Crippen LogP contribution is 2.14. The van der Waals surface area contributed by atoms with Crippen LogP contribution in [0.2, 0.25) is 0 Å². The monoisotopic (exact) mass is 396 g/mol. The molecule has 1 aromatic rings. The van der Waals surface area contributed by atoms with Crippen molar-refractivity contribution < 1.29 is 27.5 Å². The molecule has 1 saturated heterocycles. The number of carbonyl (C=O) groups is 2. The van der Waals surface area contributed by atoms with Crippen LogP contribution in [0, 0.1) is 0 Å². The van der Waals surface area contributed by atoms with Crippen LogP contribution in [-0.2, 0) is 24.3 Å². The summed E-state index contributed by atoms with van der Waals surface area (Å²) in [5.41, 5.74) is 0.149. The molecular formula is C18H24N2O6S. The second-order valence-electron chi connectivity index (χ2n) is 6.09. The van der Waals surface area contributed by atoms with E-state index in [9.17, 15) is 18.0 Å². The van der Waals surface area contributed by atoms with E-state index >= 15 is 0 Å². The fraction of sp³-hybridized carbons (Fsp3) is 0.444. The summed E-state index contributed by atoms with van der Waals surface area (Å²) in [7, 11) is -3.69. The number of rotatable bonds is 9. The lowest BCUT2D eigenvalue weighted by Gasteiger charge is -2.13. The Kier molecular flexibility index (Phi) is 7.52. The van der Waals surface area contributed by atoms with Crippen LogP contribution in [-0.4, -0.2) is 52.2 Å². The average molecular weight is 396 g/mol. The molecule has 0 aliphatic carbocycles. The minimum Gasteiger partial charge on any atom is -0.449 e. The maximum Gasteiger partial charge on any atom is 0.338 e. The van der Waals surface area contributed by atoms with E-state index in [0.717, 1.165) is 12.8 Å². The van der Waals surface area contributed by atoms with Crippen molar-refractivity contribution in [3.8, 4) is 0 Å². The zero-order valence-electron chi connectivity index (χ0n) is 15.1. The molecule has 2 rings (SSSR count). The number of nitrogens with one attached hydrogen (secondary N) is 2. The molecule has 0 spiro atoms. The number of amides is 1. The summed E-state index contributed by atoms with van der Waals surface area (Å²) in [4.78, 5) is 23.8. The average Bonchev–Trinajstić information content (AvgIpc) is 3.18. The molecule has 0 radical (unpaired) electrons. The number of ether oxygens (including phenoxy) is 2. The number of carbonyl (C=O) groups excluding carboxylic acids is 2. The molecule has 1 fully saturated rings. The molecule has 0 bridgehead atoms. The largest absolute Gasteiger partial charge is 0.449 e. The minimum absolute atomic E-state index is 0.0359. The quantitative estimate of drug-likeness (QED) is 0.476. The lowest BCUT2D eigenvalue weighted by molar-refractivity contribution is -0.128. The highest BCUT2D eigenvalue weighted by atomic mass is 32.2. The van der Waals surface area contributed by atoms with Crippen molar-refractivity contribution in [2.75, 3.05) is 19.7 Å². The highest BCUT2D eigenvalue weighted by Gasteiger charge is 2.22. The van der Waals surface area contributed by atoms with Gasteiger partial charge in [0.2, 0.25) is 10.0 Å². The van der Waals surface area contributed by atoms with Crippen molar-refractivity contribution >= 4 is 21.9 Å². The third-order valence-corrected chi connectivity index (χ3v) is 5.44. The predicted octanol–water partition coefficient (Wildman–Crippen LogP) is 0.991. The van der Waals surface area contributed by atoms with Crippen molar-refractivity contribution in [3.63, 3.8) is 0 Å². The van der Waals surface area contributed by atoms with Gasteiger partial charge in [0.15, 0.2) is 6.10 Å². The van der Waals surface area contributed by atoms with Crippen LogP contribution >= 0.6 is 0 Å². The molecule has 2 N–H and O–H groups in total. The number of hydrogen-bond acceptors (Lipinski definition) is 6. The standard InChI is InChI=1S/C18H24N2O6S/c1-3-10-19-17(21)13(2)26-18(22)14-6-8-16(9-7-14)27(23,24)20-12-15-5-4-11-25-15/h3,6-9,13,15,20H,1,4-5,10-12H2,2H3,(H,19,21)/t13-,15+/m1/s1. The molecule has 1 aromatic carbocycles. The number of sulfonamides is 1. The van der Waals surface area contributed by atoms with E-state index in [4.69, 9.17) is 9.47 Å². The second-order valence-corrected chi connectivity index (χ2v) is 7.86. The van der Waals surface area contributed by atoms with Gasteiger partial charge in [0.05, 0.1) is 16.6 Å². The molecule has 2 atom stereocenters. The third kappa shape index (κ3) is 6.16. The van der Waals surface area contributed by atoms with Gasteiger partial charge in [-0.15, -0.1) is 6.58 Å². The molecule has 0 saturated carbocycles. The molecule has 148 valence electrons. The van der Waals surface area contributed by atoms with E-state index in [2.05, 4.69) is 16.6 Å². The lowest BCUT2D eigenvalue weighted by Crippen LogP contribution is -2.35. The first-order chi connectivity index (χ1) is 12.8. The number of benzene rings is 1. The Morgan fingerprint density at radius 2 is 2.07 bits per heavy atom. The molecule has 0 aromatic heterocycles. The summed E-state index contributed by atoms with van der Waals surface area (Å²) in [6.45, 7) is 6.06. The Hall–Kier alpha value is -2.23. The predicted molar refractivity (Wildman–Crippen MR) is 98.7 cm³/mol. The summed E-state index contributed by atoms with van der Waals surface area (Å²) in [6, 6.07) is 5.32. The van der Waals surface area contributed by atoms with Crippen molar-refractivity contribution in [1.82, 2.24) is 10.0 Å². The summed E-state index contributed by atoms with van der Waals surface area (Å²) >= 11 is 0. The van der Waals surface area contributed by atoms with Crippen LogP contribution in [0.3, 0.4) is 0 Å². The maximum absolute atomic E-state index is 12.3. The van der Waals surface area contributed by atoms with Crippen LogP contribution in [0.25, 0.3) is 0 Å². The van der Waals surface area contributed by atoms with Crippen LogP contribution in [0.15, 0.2) is 41.8 Å². The van der Waals surface area contributed by atoms with Crippen LogP contribution in [0.1, 0.15) is 30.1 Å². The van der Waals surface area contributed by atoms with Crippen molar-refractivity contribution in [2.45, 2.75) is 36.9 Å². The van der Waals surface area contributed by atoms with Crippen molar-refractivity contribution in [1.29, 1.82) is 0 Å². The Morgan fingerprint density at radius 1 is 1.37 bits per heavy atom. The molecule has 1 amide bonds. The number of hydrogen-bond donors (Lipinski definition) is 2. The van der Waals surface area contributed by atoms with Gasteiger partial charge in [0.25, 0.3) is 5.91 Å². The molecule has 8 nitrogen and oxygen atoms in total. The summed E-state index contributed by atoms with van der Waals surface area (Å²) in [5, 5.41) is 2.52. The molecule has 1 heterocycles. The van der Waals surface area contributed by atoms with E-state index in [-0.39, 0.29) is 29.7 Å². The van der Waals surface area contributed by atoms with Gasteiger partial charge >= 0.3 is 5.97 Å². The van der Waals surface area contributed by atoms with E-state index in [1.165, 1.54) is 37.3 Å². The van der Waals surface area contributed by atoms with Gasteiger partial charge in [-0.05, 0) is 44.0 Å². The zero-order chi connectivity index (χ0) is 19.9. The summed E-state index contributed by atoms with van der Waals surface area (Å²) in [6.07, 6.45) is 2.18. The molecule has 9 heteroatoms. The molecule has 1 aliphatic rings. The third-order valence-electron chi connectivity index (χ3n) is 4.00. The second kappa shape index (κ2) is 9.63. The van der Waals surface area contributed by atoms with Gasteiger partial charge in [-0.2, -0.15) is 0 Å². The van der Waals surface area contributed by atoms with E-state index in [0.29, 0.717) is 6.61 Å². The van der Waals surface area contributed by atoms with Gasteiger partial charge in [-0.25, -0.2) is 17.9 Å². The Morgan fingerprint density at radius 3 is 2.67 bits per heavy atom. The van der Waals surface area contributed by atoms with Crippen LogP contribution in [0.4, 0.5) is 0 Å². The van der Waals surface area contributed by atoms with E-state index in [1.54, 1.807) is 0 Å². The fourth-order valence-corrected chi connectivity index (χ4v) is 3.53. The Bertz CT molecular complexity index is 770.